The van der Waals surface area contributed by atoms with E-state index in [0.29, 0.717) is 0 Å². The van der Waals surface area contributed by atoms with E-state index in [-0.39, 0.29) is 0 Å². The van der Waals surface area contributed by atoms with Crippen LogP contribution in [0.5, 0.6) is 0 Å². The predicted molar refractivity (Wildman–Crippen MR) is 26.5 cm³/mol. The summed E-state index contributed by atoms with van der Waals surface area (Å²) in [5.41, 5.74) is 0. The normalized spacial score (nSPS) is 11.2. The van der Waals surface area contributed by atoms with Gasteiger partial charge in [0, 0.05) is 5.37 Å². The van der Waals surface area contributed by atoms with E-state index in [9.17, 15) is 0 Å². The molecule has 0 atom stereocenters. The summed E-state index contributed by atoms with van der Waals surface area (Å²) in [6.45, 7) is 1.19. The molecule has 0 unspecified atom stereocenters. The van der Waals surface area contributed by atoms with Crippen LogP contribution in [-0.2, 0) is 0 Å². The molecule has 0 spiro atoms. The molecule has 0 saturated heterocycles. The molecule has 2 N–H and O–H groups in total. The zero-order valence-corrected chi connectivity index (χ0v) is 4.20. The minimum absolute atomic E-state index is 0.882. The maximum absolute atomic E-state index is 8.22. The van der Waals surface area contributed by atoms with Gasteiger partial charge in [0.15, 0.2) is 5.79 Å². The molecular formula is C3H6O2S. The number of hydrogen-bond donors (Lipinski definition) is 2. The fourth-order valence-corrected chi connectivity index (χ4v) is 0. The Morgan fingerprint density at radius 2 is 1.83 bits per heavy atom. The topological polar surface area (TPSA) is 40.5 Å². The van der Waals surface area contributed by atoms with Gasteiger partial charge in [-0.05, 0) is 6.92 Å². The van der Waals surface area contributed by atoms with Crippen molar-refractivity contribution in [3.05, 3.63) is 0 Å². The van der Waals surface area contributed by atoms with Gasteiger partial charge in [0.25, 0.3) is 0 Å². The average Bonchev–Trinajstić information content (AvgIpc) is 1.35. The number of aliphatic hydroxyl groups is 2. The molecule has 0 aromatic rings. The van der Waals surface area contributed by atoms with E-state index in [4.69, 9.17) is 10.2 Å². The molecule has 0 fully saturated rings. The van der Waals surface area contributed by atoms with Gasteiger partial charge in [0.1, 0.15) is 0 Å². The van der Waals surface area contributed by atoms with Gasteiger partial charge >= 0.3 is 0 Å². The fraction of sp³-hybridized carbons (Fsp3) is 0.667. The first-order valence-corrected chi connectivity index (χ1v) is 1.94. The monoisotopic (exact) mass is 106 g/mol. The molecule has 0 aromatic carbocycles. The molecule has 0 heterocycles. The molecule has 0 aliphatic heterocycles. The van der Waals surface area contributed by atoms with Crippen molar-refractivity contribution in [2.75, 3.05) is 0 Å². The Kier molecular flexibility index (Phi) is 1.64. The Hall–Kier alpha value is 0.01000. The minimum Gasteiger partial charge on any atom is -0.362 e. The molecule has 3 heteroatoms. The Morgan fingerprint density at radius 3 is 1.83 bits per heavy atom. The molecule has 0 bridgehead atoms. The van der Waals surface area contributed by atoms with Crippen molar-refractivity contribution in [3.63, 3.8) is 0 Å². The lowest BCUT2D eigenvalue weighted by molar-refractivity contribution is -0.0753. The van der Waals surface area contributed by atoms with Gasteiger partial charge in [-0.3, -0.25) is 0 Å². The van der Waals surface area contributed by atoms with Crippen LogP contribution in [0.3, 0.4) is 0 Å². The molecule has 6 heavy (non-hydrogen) atoms. The third kappa shape index (κ3) is 4.01. The van der Waals surface area contributed by atoms with Crippen LogP contribution >= 0.6 is 12.2 Å². The van der Waals surface area contributed by atoms with Crippen LogP contribution in [0.4, 0.5) is 0 Å². The van der Waals surface area contributed by atoms with E-state index in [0.717, 1.165) is 5.37 Å². The van der Waals surface area contributed by atoms with E-state index in [1.807, 2.05) is 0 Å². The van der Waals surface area contributed by atoms with E-state index in [1.54, 1.807) is 0 Å². The summed E-state index contributed by atoms with van der Waals surface area (Å²) < 4.78 is 0. The molecule has 0 aliphatic carbocycles. The summed E-state index contributed by atoms with van der Waals surface area (Å²) >= 11 is 4.16. The van der Waals surface area contributed by atoms with Crippen LogP contribution < -0.4 is 0 Å². The Labute approximate surface area is 41.4 Å². The number of rotatable bonds is 1. The lowest BCUT2D eigenvalue weighted by Gasteiger charge is -2.04. The largest absolute Gasteiger partial charge is 0.362 e. The second-order valence-electron chi connectivity index (χ2n) is 1.21. The van der Waals surface area contributed by atoms with Gasteiger partial charge < -0.3 is 10.2 Å². The molecule has 0 aliphatic rings. The second-order valence-corrected chi connectivity index (χ2v) is 1.45. The zero-order valence-electron chi connectivity index (χ0n) is 3.38. The van der Waals surface area contributed by atoms with Crippen LogP contribution in [0.2, 0.25) is 0 Å². The first-order valence-electron chi connectivity index (χ1n) is 1.47. The van der Waals surface area contributed by atoms with Crippen molar-refractivity contribution in [1.29, 1.82) is 0 Å². The average molecular weight is 106 g/mol. The summed E-state index contributed by atoms with van der Waals surface area (Å²) in [5.74, 6) is -1.77. The third-order valence-electron chi connectivity index (χ3n) is 0.223. The predicted octanol–water partition coefficient (Wildman–Crippen LogP) is -0.313. The molecule has 0 amide bonds. The van der Waals surface area contributed by atoms with Gasteiger partial charge in [-0.1, -0.05) is 12.2 Å². The molecular weight excluding hydrogens is 100 g/mol. The summed E-state index contributed by atoms with van der Waals surface area (Å²) in [5, 5.41) is 17.3. The van der Waals surface area contributed by atoms with E-state index in [2.05, 4.69) is 12.2 Å². The molecule has 0 radical (unpaired) electrons. The first-order chi connectivity index (χ1) is 2.56. The highest BCUT2D eigenvalue weighted by molar-refractivity contribution is 7.79. The minimum atomic E-state index is -1.77. The van der Waals surface area contributed by atoms with Crippen LogP contribution in [0.1, 0.15) is 6.92 Å². The molecule has 0 rings (SSSR count). The van der Waals surface area contributed by atoms with Crippen LogP contribution in [0.15, 0.2) is 0 Å². The van der Waals surface area contributed by atoms with Crippen molar-refractivity contribution in [3.8, 4) is 0 Å². The maximum atomic E-state index is 8.22. The Morgan fingerprint density at radius 1 is 1.67 bits per heavy atom. The lowest BCUT2D eigenvalue weighted by Crippen LogP contribution is -2.22. The van der Waals surface area contributed by atoms with Gasteiger partial charge in [0.05, 0.1) is 0 Å². The highest BCUT2D eigenvalue weighted by atomic mass is 32.1. The highest BCUT2D eigenvalue weighted by Crippen LogP contribution is 1.87. The Balaban J connectivity index is 3.45. The van der Waals surface area contributed by atoms with Crippen molar-refractivity contribution >= 4 is 17.6 Å². The van der Waals surface area contributed by atoms with E-state index >= 15 is 0 Å². The van der Waals surface area contributed by atoms with Crippen LogP contribution in [0.25, 0.3) is 0 Å². The Bertz CT molecular complexity index is 54.3. The van der Waals surface area contributed by atoms with Crippen LogP contribution in [-0.4, -0.2) is 21.4 Å². The second kappa shape index (κ2) is 1.64. The first kappa shape index (κ1) is 6.01. The summed E-state index contributed by atoms with van der Waals surface area (Å²) in [4.78, 5) is 0. The van der Waals surface area contributed by atoms with Gasteiger partial charge in [0.2, 0.25) is 0 Å². The maximum Gasteiger partial charge on any atom is 0.190 e. The van der Waals surface area contributed by atoms with Crippen molar-refractivity contribution in [2.24, 2.45) is 0 Å². The number of thiocarbonyl (C=S) groups is 1. The SMILES string of the molecule is CC(O)(O)C=S. The summed E-state index contributed by atoms with van der Waals surface area (Å²) in [7, 11) is 0. The quantitative estimate of drug-likeness (QED) is 0.356. The molecule has 0 saturated carbocycles. The van der Waals surface area contributed by atoms with Gasteiger partial charge in [-0.25, -0.2) is 0 Å². The van der Waals surface area contributed by atoms with E-state index in [1.165, 1.54) is 6.92 Å². The molecule has 36 valence electrons. The smallest absolute Gasteiger partial charge is 0.190 e. The van der Waals surface area contributed by atoms with Gasteiger partial charge in [-0.2, -0.15) is 0 Å². The molecule has 0 aromatic heterocycles. The molecule has 2 nitrogen and oxygen atoms in total. The lowest BCUT2D eigenvalue weighted by atomic mass is 10.4. The summed E-state index contributed by atoms with van der Waals surface area (Å²) in [6, 6.07) is 0. The van der Waals surface area contributed by atoms with E-state index < -0.39 is 5.79 Å². The summed E-state index contributed by atoms with van der Waals surface area (Å²) in [6.07, 6.45) is 0. The van der Waals surface area contributed by atoms with Crippen molar-refractivity contribution < 1.29 is 10.2 Å². The zero-order chi connectivity index (χ0) is 5.21. The van der Waals surface area contributed by atoms with Gasteiger partial charge in [-0.15, -0.1) is 0 Å². The van der Waals surface area contributed by atoms with Crippen LogP contribution in [0, 0.1) is 0 Å². The standard InChI is InChI=1S/C3H6O2S/c1-3(4,5)2-6/h2,4-5H,1H3. The van der Waals surface area contributed by atoms with Crippen molar-refractivity contribution in [2.45, 2.75) is 12.7 Å². The number of hydrogen-bond acceptors (Lipinski definition) is 3. The highest BCUT2D eigenvalue weighted by Gasteiger charge is 2.06. The van der Waals surface area contributed by atoms with Crippen molar-refractivity contribution in [1.82, 2.24) is 0 Å². The fourth-order valence-electron chi connectivity index (χ4n) is 0. The third-order valence-corrected chi connectivity index (χ3v) is 0.670.